The van der Waals surface area contributed by atoms with Gasteiger partial charge in [-0.2, -0.15) is 0 Å². The second-order valence-corrected chi connectivity index (χ2v) is 4.52. The zero-order valence-corrected chi connectivity index (χ0v) is 11.2. The van der Waals surface area contributed by atoms with Crippen molar-refractivity contribution < 1.29 is 9.84 Å². The fraction of sp³-hybridized carbons (Fsp3) is 0.385. The third kappa shape index (κ3) is 3.46. The summed E-state index contributed by atoms with van der Waals surface area (Å²) in [7, 11) is 1.53. The van der Waals surface area contributed by atoms with E-state index in [1.807, 2.05) is 0 Å². The highest BCUT2D eigenvalue weighted by atomic mass is 16.5. The molecule has 0 saturated heterocycles. The smallest absolute Gasteiger partial charge is 0.260 e. The van der Waals surface area contributed by atoms with Gasteiger partial charge in [0.1, 0.15) is 0 Å². The number of nitrogens with zero attached hydrogens (tertiary/aromatic N) is 1. The van der Waals surface area contributed by atoms with Crippen LogP contribution in [0.1, 0.15) is 6.42 Å². The molecule has 0 amide bonds. The summed E-state index contributed by atoms with van der Waals surface area (Å²) in [6, 6.07) is 4.99. The Bertz CT molecular complexity index is 641. The van der Waals surface area contributed by atoms with Gasteiger partial charge in [-0.3, -0.25) is 9.78 Å². The molecule has 7 heteroatoms. The quantitative estimate of drug-likeness (QED) is 0.566. The van der Waals surface area contributed by atoms with Gasteiger partial charge in [-0.15, -0.1) is 0 Å². The van der Waals surface area contributed by atoms with Crippen molar-refractivity contribution in [3.8, 4) is 0 Å². The molecule has 20 heavy (non-hydrogen) atoms. The number of ether oxygens (including phenoxy) is 1. The molecule has 1 aromatic carbocycles. The van der Waals surface area contributed by atoms with E-state index in [0.717, 1.165) is 0 Å². The van der Waals surface area contributed by atoms with Crippen LogP contribution in [-0.2, 0) is 4.74 Å². The molecular weight excluding hydrogens is 260 g/mol. The Labute approximate surface area is 115 Å². The Morgan fingerprint density at radius 2 is 2.35 bits per heavy atom. The molecule has 1 atom stereocenters. The number of hydrogen-bond acceptors (Lipinski definition) is 6. The summed E-state index contributed by atoms with van der Waals surface area (Å²) in [4.78, 5) is 18.8. The van der Waals surface area contributed by atoms with Crippen LogP contribution in [0.25, 0.3) is 10.9 Å². The Morgan fingerprint density at radius 1 is 1.55 bits per heavy atom. The van der Waals surface area contributed by atoms with Crippen molar-refractivity contribution >= 4 is 22.5 Å². The number of hydrogen-bond donors (Lipinski definition) is 4. The number of nitrogens with one attached hydrogen (secondary N) is 2. The van der Waals surface area contributed by atoms with Crippen LogP contribution >= 0.6 is 0 Å². The Morgan fingerprint density at radius 3 is 3.10 bits per heavy atom. The number of nitrogens with two attached hydrogens (primary N) is 1. The van der Waals surface area contributed by atoms with Crippen LogP contribution in [0.2, 0.25) is 0 Å². The number of rotatable bonds is 6. The average Bonchev–Trinajstić information content (AvgIpc) is 2.40. The maximum absolute atomic E-state index is 11.9. The van der Waals surface area contributed by atoms with Gasteiger partial charge in [0.15, 0.2) is 0 Å². The first-order valence-electron chi connectivity index (χ1n) is 6.30. The molecule has 0 radical (unpaired) electrons. The highest BCUT2D eigenvalue weighted by molar-refractivity contribution is 5.81. The van der Waals surface area contributed by atoms with Gasteiger partial charge in [0.05, 0.1) is 23.6 Å². The second-order valence-electron chi connectivity index (χ2n) is 4.52. The molecule has 0 bridgehead atoms. The summed E-state index contributed by atoms with van der Waals surface area (Å²) in [6.07, 6.45) is -0.0448. The summed E-state index contributed by atoms with van der Waals surface area (Å²) in [6.45, 7) is 0.760. The van der Waals surface area contributed by atoms with Crippen molar-refractivity contribution in [3.05, 3.63) is 28.6 Å². The van der Waals surface area contributed by atoms with Crippen molar-refractivity contribution in [3.63, 3.8) is 0 Å². The minimum absolute atomic E-state index is 0.248. The number of benzene rings is 1. The highest BCUT2D eigenvalue weighted by Gasteiger charge is 2.06. The molecule has 0 aliphatic rings. The average molecular weight is 278 g/mol. The van der Waals surface area contributed by atoms with E-state index in [2.05, 4.69) is 15.3 Å². The van der Waals surface area contributed by atoms with Crippen molar-refractivity contribution in [2.45, 2.75) is 12.5 Å². The fourth-order valence-electron chi connectivity index (χ4n) is 1.87. The fourth-order valence-corrected chi connectivity index (χ4v) is 1.87. The van der Waals surface area contributed by atoms with Gasteiger partial charge in [-0.1, -0.05) is 0 Å². The largest absolute Gasteiger partial charge is 0.399 e. The number of aliphatic hydroxyl groups excluding tert-OH is 1. The number of fused-ring (bicyclic) bond motifs is 1. The SMILES string of the molecule is COCC(O)CCNc1nc2ccc(N)cc2c(=O)[nH]1. The summed E-state index contributed by atoms with van der Waals surface area (Å²) in [5, 5.41) is 12.9. The standard InChI is InChI=1S/C13H18N4O3/c1-20-7-9(18)4-5-15-13-16-11-3-2-8(14)6-10(11)12(19)17-13/h2-3,6,9,18H,4-5,7,14H2,1H3,(H2,15,16,17,19). The zero-order chi connectivity index (χ0) is 14.5. The number of nitrogen functional groups attached to an aromatic ring is 1. The van der Waals surface area contributed by atoms with Crippen LogP contribution in [0.3, 0.4) is 0 Å². The Balaban J connectivity index is 2.08. The van der Waals surface area contributed by atoms with E-state index >= 15 is 0 Å². The van der Waals surface area contributed by atoms with Crippen LogP contribution in [0.15, 0.2) is 23.0 Å². The number of aromatic amines is 1. The lowest BCUT2D eigenvalue weighted by atomic mass is 10.2. The van der Waals surface area contributed by atoms with Crippen LogP contribution in [-0.4, -0.2) is 41.4 Å². The first kappa shape index (κ1) is 14.3. The van der Waals surface area contributed by atoms with Crippen LogP contribution in [0.4, 0.5) is 11.6 Å². The molecule has 0 saturated carbocycles. The van der Waals surface area contributed by atoms with E-state index in [0.29, 0.717) is 35.5 Å². The molecule has 7 nitrogen and oxygen atoms in total. The second kappa shape index (κ2) is 6.36. The van der Waals surface area contributed by atoms with E-state index in [4.69, 9.17) is 10.5 Å². The number of aliphatic hydroxyl groups is 1. The van der Waals surface area contributed by atoms with Crippen molar-refractivity contribution in [1.29, 1.82) is 0 Å². The molecular formula is C13H18N4O3. The van der Waals surface area contributed by atoms with Gasteiger partial charge in [-0.25, -0.2) is 4.98 Å². The van der Waals surface area contributed by atoms with E-state index in [9.17, 15) is 9.90 Å². The van der Waals surface area contributed by atoms with E-state index in [1.54, 1.807) is 18.2 Å². The van der Waals surface area contributed by atoms with Gasteiger partial charge in [-0.05, 0) is 24.6 Å². The highest BCUT2D eigenvalue weighted by Crippen LogP contribution is 2.12. The van der Waals surface area contributed by atoms with E-state index < -0.39 is 6.10 Å². The lowest BCUT2D eigenvalue weighted by Crippen LogP contribution is -2.20. The van der Waals surface area contributed by atoms with Gasteiger partial charge < -0.3 is 20.9 Å². The minimum Gasteiger partial charge on any atom is -0.399 e. The molecule has 5 N–H and O–H groups in total. The molecule has 0 spiro atoms. The van der Waals surface area contributed by atoms with Crippen molar-refractivity contribution in [2.75, 3.05) is 31.3 Å². The first-order chi connectivity index (χ1) is 9.60. The summed E-state index contributed by atoms with van der Waals surface area (Å²) in [5.74, 6) is 0.372. The lowest BCUT2D eigenvalue weighted by Gasteiger charge is -2.10. The van der Waals surface area contributed by atoms with Crippen molar-refractivity contribution in [2.24, 2.45) is 0 Å². The summed E-state index contributed by atoms with van der Waals surface area (Å²) >= 11 is 0. The van der Waals surface area contributed by atoms with Gasteiger partial charge in [0, 0.05) is 19.3 Å². The van der Waals surface area contributed by atoms with Crippen LogP contribution in [0.5, 0.6) is 0 Å². The molecule has 1 heterocycles. The van der Waals surface area contributed by atoms with Gasteiger partial charge in [0.25, 0.3) is 5.56 Å². The molecule has 1 aromatic heterocycles. The predicted molar refractivity (Wildman–Crippen MR) is 77.8 cm³/mol. The molecule has 0 aliphatic carbocycles. The topological polar surface area (TPSA) is 113 Å². The first-order valence-corrected chi connectivity index (χ1v) is 6.30. The monoisotopic (exact) mass is 278 g/mol. The third-order valence-electron chi connectivity index (χ3n) is 2.86. The maximum Gasteiger partial charge on any atom is 0.260 e. The third-order valence-corrected chi connectivity index (χ3v) is 2.86. The van der Waals surface area contributed by atoms with Crippen LogP contribution in [0, 0.1) is 0 Å². The Hall–Kier alpha value is -2.12. The normalized spacial score (nSPS) is 12.5. The van der Waals surface area contributed by atoms with Gasteiger partial charge >= 0.3 is 0 Å². The van der Waals surface area contributed by atoms with Crippen LogP contribution < -0.4 is 16.6 Å². The van der Waals surface area contributed by atoms with Crippen molar-refractivity contribution in [1.82, 2.24) is 9.97 Å². The minimum atomic E-state index is -0.542. The molecule has 108 valence electrons. The lowest BCUT2D eigenvalue weighted by molar-refractivity contribution is 0.0615. The molecule has 1 unspecified atom stereocenters. The molecule has 2 rings (SSSR count). The number of H-pyrrole nitrogens is 1. The molecule has 0 fully saturated rings. The number of aromatic nitrogens is 2. The van der Waals surface area contributed by atoms with E-state index in [1.165, 1.54) is 7.11 Å². The molecule has 2 aromatic rings. The summed E-state index contributed by atoms with van der Waals surface area (Å²) < 4.78 is 4.83. The summed E-state index contributed by atoms with van der Waals surface area (Å²) in [5.41, 5.74) is 6.48. The number of methoxy groups -OCH3 is 1. The van der Waals surface area contributed by atoms with Gasteiger partial charge in [0.2, 0.25) is 5.95 Å². The predicted octanol–water partition coefficient (Wildman–Crippen LogP) is 0.315. The molecule has 0 aliphatic heterocycles. The van der Waals surface area contributed by atoms with E-state index in [-0.39, 0.29) is 12.2 Å². The zero-order valence-electron chi connectivity index (χ0n) is 11.2. The maximum atomic E-state index is 11.9. The number of anilines is 2. The Kier molecular flexibility index (Phi) is 4.54.